The van der Waals surface area contributed by atoms with Crippen LogP contribution < -0.4 is 5.73 Å². The van der Waals surface area contributed by atoms with Gasteiger partial charge in [-0.3, -0.25) is 4.90 Å². The van der Waals surface area contributed by atoms with Crippen LogP contribution in [0, 0.1) is 5.92 Å². The highest BCUT2D eigenvalue weighted by Crippen LogP contribution is 2.29. The van der Waals surface area contributed by atoms with E-state index in [1.807, 2.05) is 6.92 Å². The second-order valence-electron chi connectivity index (χ2n) is 4.11. The van der Waals surface area contributed by atoms with Crippen LogP contribution >= 0.6 is 0 Å². The first kappa shape index (κ1) is 13.1. The summed E-state index contributed by atoms with van der Waals surface area (Å²) in [7, 11) is 0. The monoisotopic (exact) mass is 239 g/mol. The van der Waals surface area contributed by atoms with E-state index in [9.17, 15) is 13.2 Å². The maximum atomic E-state index is 12.6. The molecule has 4 nitrogen and oxygen atoms in total. The van der Waals surface area contributed by atoms with E-state index < -0.39 is 17.9 Å². The Labute approximate surface area is 91.9 Å². The van der Waals surface area contributed by atoms with Crippen molar-refractivity contribution in [2.45, 2.75) is 32.0 Å². The normalized spacial score (nSPS) is 26.0. The predicted molar refractivity (Wildman–Crippen MR) is 53.2 cm³/mol. The third-order valence-electron chi connectivity index (χ3n) is 2.98. The summed E-state index contributed by atoms with van der Waals surface area (Å²) >= 11 is 0. The molecule has 0 aromatic heterocycles. The molecule has 7 heteroatoms. The second kappa shape index (κ2) is 4.90. The van der Waals surface area contributed by atoms with Gasteiger partial charge in [0.2, 0.25) is 0 Å². The van der Waals surface area contributed by atoms with Gasteiger partial charge < -0.3 is 10.9 Å². The number of alkyl halides is 3. The highest BCUT2D eigenvalue weighted by molar-refractivity contribution is 5.83. The number of nitrogens with zero attached hydrogens (tertiary/aromatic N) is 2. The molecule has 0 radical (unpaired) electrons. The number of likely N-dealkylation sites (tertiary alicyclic amines) is 1. The Balaban J connectivity index is 2.71. The molecule has 3 N–H and O–H groups in total. The summed E-state index contributed by atoms with van der Waals surface area (Å²) in [6, 6.07) is 0.122. The number of hydrogen-bond acceptors (Lipinski definition) is 3. The Kier molecular flexibility index (Phi) is 4.01. The lowest BCUT2D eigenvalue weighted by Gasteiger charge is -2.27. The molecule has 1 aliphatic rings. The molecule has 0 bridgehead atoms. The van der Waals surface area contributed by atoms with Crippen molar-refractivity contribution in [3.8, 4) is 0 Å². The molecule has 16 heavy (non-hydrogen) atoms. The molecule has 1 fully saturated rings. The molecule has 0 spiro atoms. The third kappa shape index (κ3) is 3.01. The van der Waals surface area contributed by atoms with Gasteiger partial charge in [0.15, 0.2) is 5.84 Å². The first-order chi connectivity index (χ1) is 7.36. The van der Waals surface area contributed by atoms with Crippen LogP contribution in [0.25, 0.3) is 0 Å². The largest absolute Gasteiger partial charge is 0.409 e. The molecule has 94 valence electrons. The lowest BCUT2D eigenvalue weighted by molar-refractivity contribution is -0.160. The van der Waals surface area contributed by atoms with Crippen molar-refractivity contribution < 1.29 is 18.4 Å². The van der Waals surface area contributed by atoms with Crippen LogP contribution in [0.3, 0.4) is 0 Å². The van der Waals surface area contributed by atoms with Crippen LogP contribution in [-0.4, -0.2) is 41.3 Å². The highest BCUT2D eigenvalue weighted by Gasteiger charge is 2.44. The summed E-state index contributed by atoms with van der Waals surface area (Å²) in [5, 5.41) is 10.8. The molecule has 1 saturated heterocycles. The van der Waals surface area contributed by atoms with Gasteiger partial charge in [-0.2, -0.15) is 13.2 Å². The lowest BCUT2D eigenvalue weighted by atomic mass is 10.1. The molecule has 1 aliphatic heterocycles. The van der Waals surface area contributed by atoms with Gasteiger partial charge in [-0.1, -0.05) is 5.16 Å². The third-order valence-corrected chi connectivity index (χ3v) is 2.98. The van der Waals surface area contributed by atoms with Gasteiger partial charge in [0.1, 0.15) is 5.92 Å². The maximum absolute atomic E-state index is 12.6. The molecular formula is C9H16F3N3O. The van der Waals surface area contributed by atoms with Crippen molar-refractivity contribution in [3.63, 3.8) is 0 Å². The molecule has 2 unspecified atom stereocenters. The predicted octanol–water partition coefficient (Wildman–Crippen LogP) is 1.40. The summed E-state index contributed by atoms with van der Waals surface area (Å²) in [5.41, 5.74) is 5.08. The van der Waals surface area contributed by atoms with Gasteiger partial charge in [0, 0.05) is 12.6 Å². The lowest BCUT2D eigenvalue weighted by Crippen LogP contribution is -2.45. The smallest absolute Gasteiger partial charge is 0.400 e. The maximum Gasteiger partial charge on any atom is 0.400 e. The zero-order chi connectivity index (χ0) is 12.3. The van der Waals surface area contributed by atoms with E-state index in [1.165, 1.54) is 0 Å². The number of oxime groups is 1. The molecule has 0 aromatic rings. The van der Waals surface area contributed by atoms with Crippen LogP contribution in [-0.2, 0) is 0 Å². The molecule has 0 aromatic carbocycles. The minimum atomic E-state index is -4.47. The molecule has 0 aliphatic carbocycles. The Bertz CT molecular complexity index is 267. The van der Waals surface area contributed by atoms with Crippen molar-refractivity contribution in [1.29, 1.82) is 0 Å². The van der Waals surface area contributed by atoms with Gasteiger partial charge in [0.05, 0.1) is 0 Å². The van der Waals surface area contributed by atoms with Crippen LogP contribution in [0.5, 0.6) is 0 Å². The Morgan fingerprint density at radius 1 is 1.62 bits per heavy atom. The van der Waals surface area contributed by atoms with E-state index in [4.69, 9.17) is 10.9 Å². The van der Waals surface area contributed by atoms with Crippen molar-refractivity contribution in [2.24, 2.45) is 16.8 Å². The van der Waals surface area contributed by atoms with Gasteiger partial charge in [-0.25, -0.2) is 0 Å². The van der Waals surface area contributed by atoms with Gasteiger partial charge in [0.25, 0.3) is 0 Å². The average molecular weight is 239 g/mol. The fourth-order valence-corrected chi connectivity index (χ4v) is 1.93. The first-order valence-corrected chi connectivity index (χ1v) is 5.14. The summed E-state index contributed by atoms with van der Waals surface area (Å²) in [5.74, 6) is -2.66. The average Bonchev–Trinajstić information content (AvgIpc) is 2.57. The zero-order valence-electron chi connectivity index (χ0n) is 9.04. The van der Waals surface area contributed by atoms with Crippen LogP contribution in [0.4, 0.5) is 13.2 Å². The van der Waals surface area contributed by atoms with Crippen LogP contribution in [0.1, 0.15) is 19.8 Å². The fourth-order valence-electron chi connectivity index (χ4n) is 1.93. The van der Waals surface area contributed by atoms with E-state index in [2.05, 4.69) is 5.16 Å². The molecule has 1 rings (SSSR count). The van der Waals surface area contributed by atoms with Crippen LogP contribution in [0.2, 0.25) is 0 Å². The van der Waals surface area contributed by atoms with Gasteiger partial charge in [-0.05, 0) is 26.3 Å². The SMILES string of the molecule is CC1CCCN1CC(C(N)=NO)C(F)(F)F. The standard InChI is InChI=1S/C9H16F3N3O/c1-6-3-2-4-15(6)5-7(8(13)14-16)9(10,11)12/h6-7,16H,2-5H2,1H3,(H2,13,14). The van der Waals surface area contributed by atoms with E-state index in [1.54, 1.807) is 4.90 Å². The highest BCUT2D eigenvalue weighted by atomic mass is 19.4. The van der Waals surface area contributed by atoms with E-state index >= 15 is 0 Å². The molecule has 1 heterocycles. The number of amidine groups is 1. The van der Waals surface area contributed by atoms with E-state index in [-0.39, 0.29) is 12.6 Å². The molecule has 0 amide bonds. The summed E-state index contributed by atoms with van der Waals surface area (Å²) in [6.45, 7) is 2.28. The molecule has 2 atom stereocenters. The number of rotatable bonds is 3. The van der Waals surface area contributed by atoms with Crippen molar-refractivity contribution >= 4 is 5.84 Å². The van der Waals surface area contributed by atoms with Crippen molar-refractivity contribution in [1.82, 2.24) is 4.90 Å². The summed E-state index contributed by atoms with van der Waals surface area (Å²) < 4.78 is 37.9. The zero-order valence-corrected chi connectivity index (χ0v) is 9.04. The first-order valence-electron chi connectivity index (χ1n) is 5.14. The Morgan fingerprint density at radius 2 is 2.25 bits per heavy atom. The Hall–Kier alpha value is -0.980. The summed E-state index contributed by atoms with van der Waals surface area (Å²) in [4.78, 5) is 1.72. The fraction of sp³-hybridized carbons (Fsp3) is 0.889. The minimum Gasteiger partial charge on any atom is -0.409 e. The number of halogens is 3. The van der Waals surface area contributed by atoms with Crippen molar-refractivity contribution in [2.75, 3.05) is 13.1 Å². The van der Waals surface area contributed by atoms with Crippen molar-refractivity contribution in [3.05, 3.63) is 0 Å². The van der Waals surface area contributed by atoms with Gasteiger partial charge in [-0.15, -0.1) is 0 Å². The Morgan fingerprint density at radius 3 is 2.62 bits per heavy atom. The number of nitrogens with two attached hydrogens (primary N) is 1. The number of hydrogen-bond donors (Lipinski definition) is 2. The minimum absolute atomic E-state index is 0.122. The van der Waals surface area contributed by atoms with E-state index in [0.29, 0.717) is 6.54 Å². The second-order valence-corrected chi connectivity index (χ2v) is 4.11. The topological polar surface area (TPSA) is 61.8 Å². The molecular weight excluding hydrogens is 223 g/mol. The summed E-state index contributed by atoms with van der Waals surface area (Å²) in [6.07, 6.45) is -2.69. The van der Waals surface area contributed by atoms with Gasteiger partial charge >= 0.3 is 6.18 Å². The molecule has 0 saturated carbocycles. The van der Waals surface area contributed by atoms with Crippen LogP contribution in [0.15, 0.2) is 5.16 Å². The van der Waals surface area contributed by atoms with E-state index in [0.717, 1.165) is 12.8 Å². The quantitative estimate of drug-likeness (QED) is 0.338.